The third-order valence-electron chi connectivity index (χ3n) is 6.88. The van der Waals surface area contributed by atoms with Gasteiger partial charge in [0.2, 0.25) is 0 Å². The lowest BCUT2D eigenvalue weighted by atomic mass is 9.74. The van der Waals surface area contributed by atoms with Gasteiger partial charge in [0.25, 0.3) is 0 Å². The Morgan fingerprint density at radius 1 is 0.871 bits per heavy atom. The fourth-order valence-electron chi connectivity index (χ4n) is 5.35. The van der Waals surface area contributed by atoms with Gasteiger partial charge < -0.3 is 5.11 Å². The van der Waals surface area contributed by atoms with Gasteiger partial charge in [-0.05, 0) is 42.6 Å². The summed E-state index contributed by atoms with van der Waals surface area (Å²) in [5.41, 5.74) is 4.98. The van der Waals surface area contributed by atoms with Gasteiger partial charge in [-0.15, -0.1) is 0 Å². The highest BCUT2D eigenvalue weighted by Gasteiger charge is 2.48. The molecule has 3 heterocycles. The monoisotopic (exact) mass is 414 g/mol. The van der Waals surface area contributed by atoms with Crippen LogP contribution in [0.4, 0.5) is 0 Å². The highest BCUT2D eigenvalue weighted by Crippen LogP contribution is 2.42. The Labute approximate surface area is 184 Å². The van der Waals surface area contributed by atoms with Crippen LogP contribution in [0.25, 0.3) is 11.1 Å². The number of hydrogen-bond acceptors (Lipinski definition) is 5. The minimum Gasteiger partial charge on any atom is -0.395 e. The second-order valence-electron chi connectivity index (χ2n) is 8.76. The molecule has 2 aliphatic rings. The number of hydrogen-bond donors (Lipinski definition) is 1. The van der Waals surface area contributed by atoms with E-state index in [1.165, 1.54) is 29.5 Å². The number of aliphatic hydroxyl groups excluding tert-OH is 1. The molecule has 1 N–H and O–H groups in total. The number of aliphatic hydroxyl groups is 1. The Morgan fingerprint density at radius 2 is 1.58 bits per heavy atom. The molecule has 0 bridgehead atoms. The molecule has 0 amide bonds. The Kier molecular flexibility index (Phi) is 6.07. The maximum Gasteiger partial charge on any atom is 0.115 e. The van der Waals surface area contributed by atoms with Gasteiger partial charge in [0.05, 0.1) is 6.61 Å². The van der Waals surface area contributed by atoms with Gasteiger partial charge in [0.1, 0.15) is 6.33 Å². The van der Waals surface area contributed by atoms with E-state index >= 15 is 0 Å². The average Bonchev–Trinajstić information content (AvgIpc) is 2.81. The molecule has 2 saturated heterocycles. The predicted molar refractivity (Wildman–Crippen MR) is 123 cm³/mol. The van der Waals surface area contributed by atoms with Crippen molar-refractivity contribution in [2.75, 3.05) is 26.2 Å². The summed E-state index contributed by atoms with van der Waals surface area (Å²) in [5.74, 6) is 0.363. The summed E-state index contributed by atoms with van der Waals surface area (Å²) in [6.07, 6.45) is 7.78. The summed E-state index contributed by atoms with van der Waals surface area (Å²) in [7, 11) is 0. The number of aromatic nitrogens is 2. The van der Waals surface area contributed by atoms with E-state index in [9.17, 15) is 5.11 Å². The van der Waals surface area contributed by atoms with Gasteiger partial charge in [-0.3, -0.25) is 9.80 Å². The van der Waals surface area contributed by atoms with E-state index in [0.717, 1.165) is 31.7 Å². The highest BCUT2D eigenvalue weighted by atomic mass is 16.3. The molecule has 0 unspecified atom stereocenters. The zero-order valence-electron chi connectivity index (χ0n) is 17.8. The number of rotatable bonds is 5. The molecule has 5 nitrogen and oxygen atoms in total. The van der Waals surface area contributed by atoms with E-state index in [-0.39, 0.29) is 12.6 Å². The minimum atomic E-state index is 0.215. The van der Waals surface area contributed by atoms with Crippen molar-refractivity contribution >= 4 is 0 Å². The molecule has 3 aromatic rings. The molecule has 2 aromatic carbocycles. The van der Waals surface area contributed by atoms with Crippen LogP contribution in [0.2, 0.25) is 0 Å². The van der Waals surface area contributed by atoms with E-state index in [2.05, 4.69) is 74.4 Å². The van der Waals surface area contributed by atoms with Crippen molar-refractivity contribution in [2.45, 2.75) is 37.4 Å². The summed E-state index contributed by atoms with van der Waals surface area (Å²) in [5, 5.41) is 10.2. The van der Waals surface area contributed by atoms with Crippen molar-refractivity contribution < 1.29 is 5.11 Å². The largest absolute Gasteiger partial charge is 0.395 e. The third-order valence-corrected chi connectivity index (χ3v) is 6.88. The Morgan fingerprint density at radius 3 is 2.32 bits per heavy atom. The molecule has 0 spiro atoms. The van der Waals surface area contributed by atoms with Gasteiger partial charge in [-0.2, -0.15) is 0 Å². The van der Waals surface area contributed by atoms with E-state index in [4.69, 9.17) is 0 Å². The Balaban J connectivity index is 1.36. The van der Waals surface area contributed by atoms with E-state index in [1.807, 2.05) is 12.4 Å². The predicted octanol–water partition coefficient (Wildman–Crippen LogP) is 3.57. The maximum atomic E-state index is 10.2. The second kappa shape index (κ2) is 9.27. The smallest absolute Gasteiger partial charge is 0.115 e. The maximum absolute atomic E-state index is 10.2. The molecule has 3 atom stereocenters. The zero-order chi connectivity index (χ0) is 21.0. The van der Waals surface area contributed by atoms with Gasteiger partial charge in [0.15, 0.2) is 0 Å². The SMILES string of the molecule is OC[C@H]1[C@@H](c2ccc(-c3ccccc3)cc2)[C@@H]2CN(Cc3cncnc3)CCCCN12. The molecule has 160 valence electrons. The molecule has 31 heavy (non-hydrogen) atoms. The van der Waals surface area contributed by atoms with Gasteiger partial charge >= 0.3 is 0 Å². The van der Waals surface area contributed by atoms with E-state index in [1.54, 1.807) is 6.33 Å². The lowest BCUT2D eigenvalue weighted by molar-refractivity contribution is -0.0655. The number of benzene rings is 2. The van der Waals surface area contributed by atoms with E-state index < -0.39 is 0 Å². The first-order chi connectivity index (χ1) is 15.3. The molecule has 2 aliphatic heterocycles. The van der Waals surface area contributed by atoms with E-state index in [0.29, 0.717) is 12.0 Å². The van der Waals surface area contributed by atoms with Crippen LogP contribution < -0.4 is 0 Å². The number of nitrogens with zero attached hydrogens (tertiary/aromatic N) is 4. The Hall–Kier alpha value is -2.60. The highest BCUT2D eigenvalue weighted by molar-refractivity contribution is 5.63. The molecular weight excluding hydrogens is 384 g/mol. The van der Waals surface area contributed by atoms with Crippen molar-refractivity contribution in [3.63, 3.8) is 0 Å². The second-order valence-corrected chi connectivity index (χ2v) is 8.76. The van der Waals surface area contributed by atoms with Crippen molar-refractivity contribution in [2.24, 2.45) is 0 Å². The molecule has 5 rings (SSSR count). The van der Waals surface area contributed by atoms with Crippen molar-refractivity contribution in [3.8, 4) is 11.1 Å². The normalized spacial score (nSPS) is 24.6. The first-order valence-electron chi connectivity index (χ1n) is 11.3. The van der Waals surface area contributed by atoms with Gasteiger partial charge in [0, 0.05) is 49.0 Å². The van der Waals surface area contributed by atoms with Crippen LogP contribution in [0.15, 0.2) is 73.3 Å². The standard InChI is InChI=1S/C26H30N4O/c31-18-25-26(23-10-8-22(9-11-23)21-6-2-1-3-7-21)24-17-29(12-4-5-13-30(24)25)16-20-14-27-19-28-15-20/h1-3,6-11,14-15,19,24-26,31H,4-5,12-13,16-18H2/t24-,25-,26-/m0/s1. The van der Waals surface area contributed by atoms with Crippen LogP contribution >= 0.6 is 0 Å². The van der Waals surface area contributed by atoms with Crippen LogP contribution in [0.5, 0.6) is 0 Å². The zero-order valence-corrected chi connectivity index (χ0v) is 17.8. The van der Waals surface area contributed by atoms with Gasteiger partial charge in [-0.25, -0.2) is 9.97 Å². The topological polar surface area (TPSA) is 52.5 Å². The van der Waals surface area contributed by atoms with Crippen molar-refractivity contribution in [1.82, 2.24) is 19.8 Å². The first kappa shape index (κ1) is 20.3. The van der Waals surface area contributed by atoms with Crippen LogP contribution in [-0.4, -0.2) is 63.2 Å². The fraction of sp³-hybridized carbons (Fsp3) is 0.385. The lowest BCUT2D eigenvalue weighted by Gasteiger charge is -2.57. The molecular formula is C26H30N4O. The third kappa shape index (κ3) is 4.26. The van der Waals surface area contributed by atoms with Crippen molar-refractivity contribution in [3.05, 3.63) is 84.4 Å². The molecule has 0 radical (unpaired) electrons. The molecule has 0 saturated carbocycles. The molecule has 5 heteroatoms. The van der Waals surface area contributed by atoms with Crippen LogP contribution in [0.1, 0.15) is 29.9 Å². The lowest BCUT2D eigenvalue weighted by Crippen LogP contribution is -2.67. The summed E-state index contributed by atoms with van der Waals surface area (Å²) >= 11 is 0. The van der Waals surface area contributed by atoms with Crippen LogP contribution in [0.3, 0.4) is 0 Å². The quantitative estimate of drug-likeness (QED) is 0.692. The molecule has 1 aromatic heterocycles. The summed E-state index contributed by atoms with van der Waals surface area (Å²) < 4.78 is 0. The number of fused-ring (bicyclic) bond motifs is 1. The molecule has 2 fully saturated rings. The summed E-state index contributed by atoms with van der Waals surface area (Å²) in [6, 6.07) is 20.1. The fourth-order valence-corrected chi connectivity index (χ4v) is 5.35. The first-order valence-corrected chi connectivity index (χ1v) is 11.3. The summed E-state index contributed by atoms with van der Waals surface area (Å²) in [4.78, 5) is 13.4. The van der Waals surface area contributed by atoms with Crippen molar-refractivity contribution in [1.29, 1.82) is 0 Å². The summed E-state index contributed by atoms with van der Waals surface area (Å²) in [6.45, 7) is 4.29. The average molecular weight is 415 g/mol. The van der Waals surface area contributed by atoms with Crippen LogP contribution in [-0.2, 0) is 6.54 Å². The van der Waals surface area contributed by atoms with Gasteiger partial charge in [-0.1, -0.05) is 54.6 Å². The minimum absolute atomic E-state index is 0.215. The van der Waals surface area contributed by atoms with Crippen LogP contribution in [0, 0.1) is 0 Å². The molecule has 0 aliphatic carbocycles. The Bertz CT molecular complexity index is 964.